The Morgan fingerprint density at radius 2 is 1.94 bits per heavy atom. The third-order valence-corrected chi connectivity index (χ3v) is 6.23. The minimum Gasteiger partial charge on any atom is -0.496 e. The first-order valence-corrected chi connectivity index (χ1v) is 11.8. The molecule has 35 heavy (non-hydrogen) atoms. The van der Waals surface area contributed by atoms with Crippen molar-refractivity contribution in [2.75, 3.05) is 52.8 Å². The Morgan fingerprint density at radius 3 is 2.57 bits per heavy atom. The Morgan fingerprint density at radius 1 is 1.17 bits per heavy atom. The number of carbonyl (C=O) groups excluding carboxylic acids is 2. The summed E-state index contributed by atoms with van der Waals surface area (Å²) in [6.45, 7) is 2.21. The summed E-state index contributed by atoms with van der Waals surface area (Å²) < 4.78 is 16.5. The van der Waals surface area contributed by atoms with Gasteiger partial charge in [0.15, 0.2) is 5.76 Å². The van der Waals surface area contributed by atoms with E-state index in [1.54, 1.807) is 31.3 Å². The topological polar surface area (TPSA) is 88.4 Å². The van der Waals surface area contributed by atoms with Crippen LogP contribution in [0.3, 0.4) is 0 Å². The summed E-state index contributed by atoms with van der Waals surface area (Å²) in [6.07, 6.45) is 3.67. The van der Waals surface area contributed by atoms with Gasteiger partial charge in [0.05, 0.1) is 20.5 Å². The number of likely N-dealkylation sites (tertiary alicyclic amines) is 1. The first kappa shape index (κ1) is 24.4. The number of pyridine rings is 1. The molecule has 3 heterocycles. The van der Waals surface area contributed by atoms with Crippen LogP contribution in [0.1, 0.15) is 35.4 Å². The van der Waals surface area contributed by atoms with Gasteiger partial charge in [-0.25, -0.2) is 4.98 Å². The zero-order chi connectivity index (χ0) is 24.9. The highest BCUT2D eigenvalue weighted by Gasteiger charge is 2.24. The molecular formula is C26H32N4O5. The average Bonchev–Trinajstić information content (AvgIpc) is 3.54. The lowest BCUT2D eigenvalue weighted by atomic mass is 10.1. The quantitative estimate of drug-likeness (QED) is 0.438. The van der Waals surface area contributed by atoms with Crippen LogP contribution in [0.4, 0.5) is 5.82 Å². The maximum absolute atomic E-state index is 13.3. The van der Waals surface area contributed by atoms with Crippen LogP contribution in [-0.2, 0) is 11.3 Å². The molecule has 186 valence electrons. The molecule has 4 rings (SSSR count). The molecule has 1 fully saturated rings. The molecule has 0 bridgehead atoms. The lowest BCUT2D eigenvalue weighted by Crippen LogP contribution is -2.34. The fourth-order valence-corrected chi connectivity index (χ4v) is 4.49. The largest absolute Gasteiger partial charge is 0.496 e. The summed E-state index contributed by atoms with van der Waals surface area (Å²) in [7, 11) is 7.07. The molecule has 1 aliphatic rings. The van der Waals surface area contributed by atoms with Crippen LogP contribution in [0.15, 0.2) is 41.0 Å². The molecule has 1 aromatic carbocycles. The minimum absolute atomic E-state index is 0.184. The van der Waals surface area contributed by atoms with Gasteiger partial charge in [0, 0.05) is 57.6 Å². The third kappa shape index (κ3) is 5.18. The number of hydrogen-bond acceptors (Lipinski definition) is 7. The van der Waals surface area contributed by atoms with Crippen molar-refractivity contribution in [3.63, 3.8) is 0 Å². The Bertz CT molecular complexity index is 1190. The van der Waals surface area contributed by atoms with E-state index < -0.39 is 0 Å². The Labute approximate surface area is 205 Å². The van der Waals surface area contributed by atoms with Crippen molar-refractivity contribution in [3.8, 4) is 11.5 Å². The summed E-state index contributed by atoms with van der Waals surface area (Å²) in [5.41, 5.74) is 1.56. The first-order valence-electron chi connectivity index (χ1n) is 11.8. The zero-order valence-electron chi connectivity index (χ0n) is 20.7. The smallest absolute Gasteiger partial charge is 0.289 e. The summed E-state index contributed by atoms with van der Waals surface area (Å²) in [6, 6.07) is 9.05. The molecule has 2 aromatic heterocycles. The van der Waals surface area contributed by atoms with Crippen LogP contribution in [0.2, 0.25) is 0 Å². The molecule has 0 spiro atoms. The van der Waals surface area contributed by atoms with E-state index in [1.165, 1.54) is 6.26 Å². The number of benzene rings is 1. The Kier molecular flexibility index (Phi) is 7.43. The summed E-state index contributed by atoms with van der Waals surface area (Å²) in [4.78, 5) is 35.8. The van der Waals surface area contributed by atoms with E-state index in [4.69, 9.17) is 18.9 Å². The number of nitrogens with zero attached hydrogens (tertiary/aromatic N) is 4. The SMILES string of the molecule is COc1ccc(OC)c2nc(N(C)C)c(CN(CCCN3CCCC3=O)C(=O)c3ccco3)cc12. The van der Waals surface area contributed by atoms with Gasteiger partial charge in [-0.05, 0) is 43.2 Å². The number of furan rings is 1. The van der Waals surface area contributed by atoms with E-state index in [1.807, 2.05) is 42.1 Å². The van der Waals surface area contributed by atoms with Crippen molar-refractivity contribution in [2.24, 2.45) is 0 Å². The van der Waals surface area contributed by atoms with Crippen LogP contribution in [0.5, 0.6) is 11.5 Å². The second-order valence-corrected chi connectivity index (χ2v) is 8.77. The average molecular weight is 481 g/mol. The number of hydrogen-bond donors (Lipinski definition) is 0. The van der Waals surface area contributed by atoms with Gasteiger partial charge in [-0.2, -0.15) is 0 Å². The van der Waals surface area contributed by atoms with Crippen LogP contribution in [0.25, 0.3) is 10.9 Å². The first-order chi connectivity index (χ1) is 16.9. The van der Waals surface area contributed by atoms with Crippen molar-refractivity contribution >= 4 is 28.5 Å². The second kappa shape index (κ2) is 10.7. The molecule has 0 unspecified atom stereocenters. The maximum Gasteiger partial charge on any atom is 0.289 e. The van der Waals surface area contributed by atoms with Gasteiger partial charge in [0.1, 0.15) is 22.8 Å². The van der Waals surface area contributed by atoms with Crippen molar-refractivity contribution in [1.82, 2.24) is 14.8 Å². The molecule has 0 N–H and O–H groups in total. The highest BCUT2D eigenvalue weighted by atomic mass is 16.5. The number of ether oxygens (including phenoxy) is 2. The van der Waals surface area contributed by atoms with Gasteiger partial charge in [0.25, 0.3) is 5.91 Å². The molecule has 0 aliphatic carbocycles. The molecule has 1 aliphatic heterocycles. The maximum atomic E-state index is 13.3. The number of carbonyl (C=O) groups is 2. The van der Waals surface area contributed by atoms with E-state index in [-0.39, 0.29) is 17.6 Å². The van der Waals surface area contributed by atoms with Gasteiger partial charge in [-0.3, -0.25) is 9.59 Å². The van der Waals surface area contributed by atoms with Crippen molar-refractivity contribution in [3.05, 3.63) is 47.9 Å². The standard InChI is InChI=1S/C26H32N4O5/c1-28(2)25-18(16-19-20(33-3)10-11-21(34-4)24(19)27-25)17-30(26(32)22-8-6-15-35-22)14-7-13-29-12-5-9-23(29)31/h6,8,10-11,15-16H,5,7,9,12-14,17H2,1-4H3. The van der Waals surface area contributed by atoms with Crippen LogP contribution < -0.4 is 14.4 Å². The van der Waals surface area contributed by atoms with E-state index in [0.29, 0.717) is 49.5 Å². The zero-order valence-corrected chi connectivity index (χ0v) is 20.7. The molecule has 3 aromatic rings. The van der Waals surface area contributed by atoms with Crippen molar-refractivity contribution < 1.29 is 23.5 Å². The summed E-state index contributed by atoms with van der Waals surface area (Å²) in [5, 5.41) is 0.806. The highest BCUT2D eigenvalue weighted by molar-refractivity contribution is 5.93. The van der Waals surface area contributed by atoms with Crippen LogP contribution in [0, 0.1) is 0 Å². The molecule has 9 nitrogen and oxygen atoms in total. The summed E-state index contributed by atoms with van der Waals surface area (Å²) >= 11 is 0. The normalized spacial score (nSPS) is 13.4. The van der Waals surface area contributed by atoms with E-state index >= 15 is 0 Å². The second-order valence-electron chi connectivity index (χ2n) is 8.77. The molecule has 2 amide bonds. The number of amides is 2. The van der Waals surface area contributed by atoms with E-state index in [2.05, 4.69) is 0 Å². The number of aromatic nitrogens is 1. The minimum atomic E-state index is -0.204. The summed E-state index contributed by atoms with van der Waals surface area (Å²) in [5.74, 6) is 2.32. The predicted molar refractivity (Wildman–Crippen MR) is 133 cm³/mol. The lowest BCUT2D eigenvalue weighted by Gasteiger charge is -2.26. The molecule has 0 radical (unpaired) electrons. The third-order valence-electron chi connectivity index (χ3n) is 6.23. The fourth-order valence-electron chi connectivity index (χ4n) is 4.49. The van der Waals surface area contributed by atoms with Gasteiger partial charge in [-0.1, -0.05) is 0 Å². The molecule has 0 atom stereocenters. The number of fused-ring (bicyclic) bond motifs is 1. The number of anilines is 1. The number of rotatable bonds is 10. The highest BCUT2D eigenvalue weighted by Crippen LogP contribution is 2.35. The van der Waals surface area contributed by atoms with Crippen molar-refractivity contribution in [2.45, 2.75) is 25.8 Å². The molecule has 1 saturated heterocycles. The molecule has 0 saturated carbocycles. The lowest BCUT2D eigenvalue weighted by molar-refractivity contribution is -0.127. The van der Waals surface area contributed by atoms with Gasteiger partial charge < -0.3 is 28.6 Å². The van der Waals surface area contributed by atoms with Crippen molar-refractivity contribution in [1.29, 1.82) is 0 Å². The number of methoxy groups -OCH3 is 2. The fraction of sp³-hybridized carbons (Fsp3) is 0.423. The van der Waals surface area contributed by atoms with Crippen LogP contribution in [-0.4, -0.2) is 74.5 Å². The van der Waals surface area contributed by atoms with Crippen LogP contribution >= 0.6 is 0 Å². The molecular weight excluding hydrogens is 448 g/mol. The van der Waals surface area contributed by atoms with Gasteiger partial charge in [-0.15, -0.1) is 0 Å². The molecule has 9 heteroatoms. The van der Waals surface area contributed by atoms with E-state index in [9.17, 15) is 9.59 Å². The Balaban J connectivity index is 1.67. The van der Waals surface area contributed by atoms with E-state index in [0.717, 1.165) is 29.7 Å². The van der Waals surface area contributed by atoms with Gasteiger partial charge >= 0.3 is 0 Å². The van der Waals surface area contributed by atoms with Gasteiger partial charge in [0.2, 0.25) is 5.91 Å². The Hall–Kier alpha value is -3.75. The monoisotopic (exact) mass is 480 g/mol. The predicted octanol–water partition coefficient (Wildman–Crippen LogP) is 3.57.